The van der Waals surface area contributed by atoms with E-state index < -0.39 is 0 Å². The summed E-state index contributed by atoms with van der Waals surface area (Å²) in [5.41, 5.74) is 0. The summed E-state index contributed by atoms with van der Waals surface area (Å²) in [6.45, 7) is 14.2. The van der Waals surface area contributed by atoms with Crippen LogP contribution in [0.25, 0.3) is 0 Å². The van der Waals surface area contributed by atoms with Gasteiger partial charge in [-0.2, -0.15) is 0 Å². The molecule has 0 N–H and O–H groups in total. The largest absolute Gasteiger partial charge is 0.0654 e. The molecule has 0 aromatic rings. The van der Waals surface area contributed by atoms with Gasteiger partial charge < -0.3 is 0 Å². The monoisotopic (exact) mass is 212 g/mol. The van der Waals surface area contributed by atoms with Gasteiger partial charge in [-0.25, -0.2) is 0 Å². The van der Waals surface area contributed by atoms with Crippen molar-refractivity contribution in [2.45, 2.75) is 73.6 Å². The molecule has 0 saturated carbocycles. The van der Waals surface area contributed by atoms with Crippen LogP contribution >= 0.6 is 0 Å². The van der Waals surface area contributed by atoms with Crippen molar-refractivity contribution < 1.29 is 0 Å². The Morgan fingerprint density at radius 2 is 1.27 bits per heavy atom. The first kappa shape index (κ1) is 15.0. The fraction of sp³-hybridized carbons (Fsp3) is 1.00. The van der Waals surface area contributed by atoms with Crippen molar-refractivity contribution in [2.24, 2.45) is 23.7 Å². The molecule has 0 aliphatic rings. The van der Waals surface area contributed by atoms with Crippen LogP contribution in [0.1, 0.15) is 73.6 Å². The lowest BCUT2D eigenvalue weighted by atomic mass is 9.82. The van der Waals surface area contributed by atoms with Crippen LogP contribution in [-0.4, -0.2) is 0 Å². The normalized spacial score (nSPS) is 17.8. The quantitative estimate of drug-likeness (QED) is 0.497. The number of hydrogen-bond acceptors (Lipinski definition) is 0. The van der Waals surface area contributed by atoms with E-state index in [1.165, 1.54) is 32.1 Å². The molecule has 0 rings (SSSR count). The minimum atomic E-state index is 0.865. The van der Waals surface area contributed by atoms with Crippen molar-refractivity contribution in [3.63, 3.8) is 0 Å². The third-order valence-electron chi connectivity index (χ3n) is 4.18. The molecule has 0 bridgehead atoms. The summed E-state index contributed by atoms with van der Waals surface area (Å²) in [6, 6.07) is 0. The second kappa shape index (κ2) is 8.19. The van der Waals surface area contributed by atoms with Crippen molar-refractivity contribution in [1.29, 1.82) is 0 Å². The standard InChI is InChI=1S/C15H32/c1-7-9-13(5)14(6)10-11-15(8-2)12(3)4/h12-15H,7-11H2,1-6H3. The highest BCUT2D eigenvalue weighted by molar-refractivity contribution is 4.67. The third kappa shape index (κ3) is 6.22. The molecular weight excluding hydrogens is 180 g/mol. The maximum Gasteiger partial charge on any atom is -0.0394 e. The van der Waals surface area contributed by atoms with Gasteiger partial charge in [-0.05, 0) is 30.1 Å². The van der Waals surface area contributed by atoms with Gasteiger partial charge in [-0.1, -0.05) is 67.2 Å². The van der Waals surface area contributed by atoms with E-state index in [1.807, 2.05) is 0 Å². The zero-order chi connectivity index (χ0) is 11.8. The molecular formula is C15H32. The maximum atomic E-state index is 2.44. The lowest BCUT2D eigenvalue weighted by Crippen LogP contribution is -2.13. The van der Waals surface area contributed by atoms with Gasteiger partial charge in [0.1, 0.15) is 0 Å². The molecule has 0 spiro atoms. The molecule has 3 atom stereocenters. The van der Waals surface area contributed by atoms with Crippen LogP contribution in [0.5, 0.6) is 0 Å². The Balaban J connectivity index is 3.81. The van der Waals surface area contributed by atoms with E-state index in [1.54, 1.807) is 0 Å². The topological polar surface area (TPSA) is 0 Å². The molecule has 0 aromatic heterocycles. The lowest BCUT2D eigenvalue weighted by molar-refractivity contribution is 0.273. The first-order valence-corrected chi connectivity index (χ1v) is 7.02. The minimum absolute atomic E-state index is 0.865. The SMILES string of the molecule is CCCC(C)C(C)CCC(CC)C(C)C. The third-order valence-corrected chi connectivity index (χ3v) is 4.18. The molecule has 0 aliphatic carbocycles. The van der Waals surface area contributed by atoms with E-state index in [2.05, 4.69) is 41.5 Å². The molecule has 15 heavy (non-hydrogen) atoms. The summed E-state index contributed by atoms with van der Waals surface area (Å²) < 4.78 is 0. The molecule has 0 fully saturated rings. The molecule has 0 heterocycles. The fourth-order valence-electron chi connectivity index (χ4n) is 2.51. The van der Waals surface area contributed by atoms with Gasteiger partial charge in [-0.3, -0.25) is 0 Å². The second-order valence-electron chi connectivity index (χ2n) is 5.73. The average molecular weight is 212 g/mol. The molecule has 0 radical (unpaired) electrons. The zero-order valence-electron chi connectivity index (χ0n) is 11.8. The molecule has 3 unspecified atom stereocenters. The molecule has 0 amide bonds. The second-order valence-corrected chi connectivity index (χ2v) is 5.73. The van der Waals surface area contributed by atoms with Gasteiger partial charge in [0.05, 0.1) is 0 Å². The van der Waals surface area contributed by atoms with Gasteiger partial charge in [0.2, 0.25) is 0 Å². The van der Waals surface area contributed by atoms with E-state index in [0.29, 0.717) is 0 Å². The van der Waals surface area contributed by atoms with Crippen LogP contribution in [0.15, 0.2) is 0 Å². The van der Waals surface area contributed by atoms with Crippen LogP contribution in [0.4, 0.5) is 0 Å². The van der Waals surface area contributed by atoms with Crippen LogP contribution in [0.2, 0.25) is 0 Å². The Morgan fingerprint density at radius 3 is 1.67 bits per heavy atom. The van der Waals surface area contributed by atoms with E-state index >= 15 is 0 Å². The summed E-state index contributed by atoms with van der Waals surface area (Å²) in [6.07, 6.45) is 6.96. The summed E-state index contributed by atoms with van der Waals surface area (Å²) in [5, 5.41) is 0. The van der Waals surface area contributed by atoms with E-state index in [-0.39, 0.29) is 0 Å². The van der Waals surface area contributed by atoms with E-state index in [0.717, 1.165) is 23.7 Å². The molecule has 0 heteroatoms. The van der Waals surface area contributed by atoms with E-state index in [4.69, 9.17) is 0 Å². The Kier molecular flexibility index (Phi) is 8.19. The maximum absolute atomic E-state index is 2.44. The van der Waals surface area contributed by atoms with Crippen LogP contribution < -0.4 is 0 Å². The van der Waals surface area contributed by atoms with Gasteiger partial charge in [-0.15, -0.1) is 0 Å². The summed E-state index contributed by atoms with van der Waals surface area (Å²) >= 11 is 0. The van der Waals surface area contributed by atoms with Crippen molar-refractivity contribution >= 4 is 0 Å². The average Bonchev–Trinajstić information content (AvgIpc) is 2.18. The molecule has 0 nitrogen and oxygen atoms in total. The smallest absolute Gasteiger partial charge is 0.0394 e. The number of hydrogen-bond donors (Lipinski definition) is 0. The molecule has 0 saturated heterocycles. The predicted octanol–water partition coefficient (Wildman–Crippen LogP) is 5.52. The van der Waals surface area contributed by atoms with Crippen molar-refractivity contribution in [3.05, 3.63) is 0 Å². The van der Waals surface area contributed by atoms with Crippen molar-refractivity contribution in [1.82, 2.24) is 0 Å². The Bertz CT molecular complexity index is 137. The fourth-order valence-corrected chi connectivity index (χ4v) is 2.51. The van der Waals surface area contributed by atoms with Crippen molar-refractivity contribution in [2.75, 3.05) is 0 Å². The lowest BCUT2D eigenvalue weighted by Gasteiger charge is -2.24. The predicted molar refractivity (Wildman–Crippen MR) is 71.1 cm³/mol. The van der Waals surface area contributed by atoms with Crippen molar-refractivity contribution in [3.8, 4) is 0 Å². The minimum Gasteiger partial charge on any atom is -0.0654 e. The summed E-state index contributed by atoms with van der Waals surface area (Å²) in [4.78, 5) is 0. The van der Waals surface area contributed by atoms with Gasteiger partial charge in [0, 0.05) is 0 Å². The summed E-state index contributed by atoms with van der Waals surface area (Å²) in [7, 11) is 0. The van der Waals surface area contributed by atoms with Crippen LogP contribution in [0.3, 0.4) is 0 Å². The first-order chi connectivity index (χ1) is 7.02. The highest BCUT2D eigenvalue weighted by Crippen LogP contribution is 2.27. The summed E-state index contributed by atoms with van der Waals surface area (Å²) in [5.74, 6) is 3.64. The molecule has 0 aromatic carbocycles. The van der Waals surface area contributed by atoms with E-state index in [9.17, 15) is 0 Å². The zero-order valence-corrected chi connectivity index (χ0v) is 11.8. The molecule has 0 aliphatic heterocycles. The van der Waals surface area contributed by atoms with Gasteiger partial charge in [0.25, 0.3) is 0 Å². The van der Waals surface area contributed by atoms with Crippen LogP contribution in [0, 0.1) is 23.7 Å². The Labute approximate surface area is 97.8 Å². The van der Waals surface area contributed by atoms with Crippen LogP contribution in [-0.2, 0) is 0 Å². The Hall–Kier alpha value is 0. The highest BCUT2D eigenvalue weighted by atomic mass is 14.2. The highest BCUT2D eigenvalue weighted by Gasteiger charge is 2.15. The van der Waals surface area contributed by atoms with Gasteiger partial charge >= 0.3 is 0 Å². The number of rotatable bonds is 8. The molecule has 92 valence electrons. The first-order valence-electron chi connectivity index (χ1n) is 7.02. The van der Waals surface area contributed by atoms with Gasteiger partial charge in [0.15, 0.2) is 0 Å². The Morgan fingerprint density at radius 1 is 0.733 bits per heavy atom.